The summed E-state index contributed by atoms with van der Waals surface area (Å²) in [5.41, 5.74) is 0. The number of halogens is 1. The summed E-state index contributed by atoms with van der Waals surface area (Å²) in [5.74, 6) is 0.307. The van der Waals surface area contributed by atoms with Crippen LogP contribution in [0.1, 0.15) is 12.8 Å². The van der Waals surface area contributed by atoms with Crippen molar-refractivity contribution in [3.8, 4) is 5.75 Å². The molecular formula is C15H23ClN2O4S. The molecule has 1 heterocycles. The maximum Gasteiger partial charge on any atom is 0.247 e. The lowest BCUT2D eigenvalue weighted by molar-refractivity contribution is 0.144. The summed E-state index contributed by atoms with van der Waals surface area (Å²) in [4.78, 5) is 0.115. The number of hydrogen-bond donors (Lipinski definition) is 1. The van der Waals surface area contributed by atoms with Crippen molar-refractivity contribution in [2.24, 2.45) is 0 Å². The predicted octanol–water partition coefficient (Wildman–Crippen LogP) is 1.74. The highest BCUT2D eigenvalue weighted by molar-refractivity contribution is 7.89. The van der Waals surface area contributed by atoms with E-state index in [9.17, 15) is 8.42 Å². The first kappa shape index (κ1) is 18.5. The van der Waals surface area contributed by atoms with Crippen LogP contribution in [0.15, 0.2) is 23.1 Å². The first-order valence-corrected chi connectivity index (χ1v) is 9.40. The van der Waals surface area contributed by atoms with Gasteiger partial charge in [0.05, 0.1) is 6.61 Å². The molecule has 0 bridgehead atoms. The SMILES string of the molecule is CNCC1CCCN1S(=O)(=O)c1cc(Cl)ccc1OCCOC. The molecule has 0 spiro atoms. The molecule has 8 heteroatoms. The Kier molecular flexibility index (Phi) is 6.67. The Morgan fingerprint density at radius 2 is 2.17 bits per heavy atom. The van der Waals surface area contributed by atoms with Crippen molar-refractivity contribution < 1.29 is 17.9 Å². The van der Waals surface area contributed by atoms with E-state index in [0.29, 0.717) is 30.5 Å². The Morgan fingerprint density at radius 3 is 2.87 bits per heavy atom. The standard InChI is InChI=1S/C15H23ClN2O4S/c1-17-11-13-4-3-7-18(13)23(19,20)15-10-12(16)5-6-14(15)22-9-8-21-2/h5-6,10,13,17H,3-4,7-9,11H2,1-2H3. The fourth-order valence-corrected chi connectivity index (χ4v) is 4.82. The molecule has 1 saturated heterocycles. The molecule has 1 N–H and O–H groups in total. The zero-order valence-electron chi connectivity index (χ0n) is 13.4. The Balaban J connectivity index is 2.32. The minimum Gasteiger partial charge on any atom is -0.490 e. The molecule has 1 unspecified atom stereocenters. The van der Waals surface area contributed by atoms with Crippen LogP contribution < -0.4 is 10.1 Å². The molecule has 6 nitrogen and oxygen atoms in total. The van der Waals surface area contributed by atoms with Gasteiger partial charge >= 0.3 is 0 Å². The van der Waals surface area contributed by atoms with Gasteiger partial charge in [0, 0.05) is 31.3 Å². The van der Waals surface area contributed by atoms with Crippen LogP contribution in [0.3, 0.4) is 0 Å². The molecule has 2 rings (SSSR count). The van der Waals surface area contributed by atoms with Gasteiger partial charge in [-0.15, -0.1) is 0 Å². The number of nitrogens with zero attached hydrogens (tertiary/aromatic N) is 1. The minimum absolute atomic E-state index is 0.0455. The van der Waals surface area contributed by atoms with Crippen LogP contribution in [0.25, 0.3) is 0 Å². The molecule has 1 atom stereocenters. The molecule has 0 aliphatic carbocycles. The van der Waals surface area contributed by atoms with Gasteiger partial charge in [-0.05, 0) is 38.1 Å². The molecule has 23 heavy (non-hydrogen) atoms. The normalized spacial score (nSPS) is 19.2. The molecule has 0 aromatic heterocycles. The third-order valence-corrected chi connectivity index (χ3v) is 6.01. The van der Waals surface area contributed by atoms with Crippen molar-refractivity contribution in [1.29, 1.82) is 0 Å². The number of nitrogens with one attached hydrogen (secondary N) is 1. The molecule has 0 amide bonds. The lowest BCUT2D eigenvalue weighted by Crippen LogP contribution is -2.40. The largest absolute Gasteiger partial charge is 0.490 e. The van der Waals surface area contributed by atoms with Gasteiger partial charge in [-0.25, -0.2) is 8.42 Å². The highest BCUT2D eigenvalue weighted by atomic mass is 35.5. The third-order valence-electron chi connectivity index (χ3n) is 3.80. The summed E-state index contributed by atoms with van der Waals surface area (Å²) in [5, 5.41) is 3.42. The first-order valence-electron chi connectivity index (χ1n) is 7.58. The van der Waals surface area contributed by atoms with Gasteiger partial charge < -0.3 is 14.8 Å². The van der Waals surface area contributed by atoms with Gasteiger partial charge in [0.25, 0.3) is 0 Å². The van der Waals surface area contributed by atoms with Gasteiger partial charge in [0.1, 0.15) is 17.3 Å². The highest BCUT2D eigenvalue weighted by Crippen LogP contribution is 2.33. The van der Waals surface area contributed by atoms with E-state index in [-0.39, 0.29) is 17.5 Å². The van der Waals surface area contributed by atoms with E-state index >= 15 is 0 Å². The quantitative estimate of drug-likeness (QED) is 0.713. The number of sulfonamides is 1. The van der Waals surface area contributed by atoms with Crippen LogP contribution in [-0.4, -0.2) is 59.2 Å². The summed E-state index contributed by atoms with van der Waals surface area (Å²) >= 11 is 6.01. The summed E-state index contributed by atoms with van der Waals surface area (Å²) in [6, 6.07) is 4.62. The second kappa shape index (κ2) is 8.30. The van der Waals surface area contributed by atoms with Crippen LogP contribution in [0.5, 0.6) is 5.75 Å². The molecule has 1 aromatic rings. The van der Waals surface area contributed by atoms with Crippen LogP contribution in [0.4, 0.5) is 0 Å². The van der Waals surface area contributed by atoms with E-state index in [1.165, 1.54) is 6.07 Å². The molecule has 1 aliphatic rings. The van der Waals surface area contributed by atoms with Crippen LogP contribution in [0.2, 0.25) is 5.02 Å². The lowest BCUT2D eigenvalue weighted by atomic mass is 10.2. The van der Waals surface area contributed by atoms with E-state index in [0.717, 1.165) is 12.8 Å². The molecule has 0 radical (unpaired) electrons. The van der Waals surface area contributed by atoms with E-state index < -0.39 is 10.0 Å². The Hall–Kier alpha value is -0.860. The van der Waals surface area contributed by atoms with Gasteiger partial charge in [0.15, 0.2) is 0 Å². The van der Waals surface area contributed by atoms with Crippen LogP contribution >= 0.6 is 11.6 Å². The monoisotopic (exact) mass is 362 g/mol. The minimum atomic E-state index is -3.66. The number of hydrogen-bond acceptors (Lipinski definition) is 5. The first-order chi connectivity index (χ1) is 11.0. The molecule has 0 saturated carbocycles. The zero-order chi connectivity index (χ0) is 16.9. The van der Waals surface area contributed by atoms with Crippen LogP contribution in [-0.2, 0) is 14.8 Å². The van der Waals surface area contributed by atoms with E-state index in [2.05, 4.69) is 5.32 Å². The highest BCUT2D eigenvalue weighted by Gasteiger charge is 2.36. The fourth-order valence-electron chi connectivity index (χ4n) is 2.73. The van der Waals surface area contributed by atoms with E-state index in [1.807, 2.05) is 7.05 Å². The molecule has 130 valence electrons. The van der Waals surface area contributed by atoms with E-state index in [4.69, 9.17) is 21.1 Å². The topological polar surface area (TPSA) is 67.9 Å². The molecule has 1 fully saturated rings. The molecule has 1 aliphatic heterocycles. The van der Waals surface area contributed by atoms with Crippen molar-refractivity contribution in [2.45, 2.75) is 23.8 Å². The summed E-state index contributed by atoms with van der Waals surface area (Å²) in [7, 11) is -0.271. The average Bonchev–Trinajstić information content (AvgIpc) is 2.98. The van der Waals surface area contributed by atoms with Crippen molar-refractivity contribution >= 4 is 21.6 Å². The van der Waals surface area contributed by atoms with Crippen molar-refractivity contribution in [3.63, 3.8) is 0 Å². The van der Waals surface area contributed by atoms with Gasteiger partial charge in [-0.1, -0.05) is 11.6 Å². The van der Waals surface area contributed by atoms with E-state index in [1.54, 1.807) is 23.5 Å². The average molecular weight is 363 g/mol. The van der Waals surface area contributed by atoms with Gasteiger partial charge in [-0.3, -0.25) is 0 Å². The predicted molar refractivity (Wildman–Crippen MR) is 89.7 cm³/mol. The molecular weight excluding hydrogens is 340 g/mol. The second-order valence-corrected chi connectivity index (χ2v) is 7.70. The smallest absolute Gasteiger partial charge is 0.247 e. The number of rotatable bonds is 8. The van der Waals surface area contributed by atoms with Crippen molar-refractivity contribution in [2.75, 3.05) is 40.5 Å². The zero-order valence-corrected chi connectivity index (χ0v) is 15.0. The second-order valence-electron chi connectivity index (χ2n) is 5.40. The Morgan fingerprint density at radius 1 is 1.39 bits per heavy atom. The summed E-state index contributed by atoms with van der Waals surface area (Å²) in [6.07, 6.45) is 1.70. The maximum absolute atomic E-state index is 13.1. The Labute approximate surface area is 142 Å². The van der Waals surface area contributed by atoms with Crippen molar-refractivity contribution in [1.82, 2.24) is 9.62 Å². The number of methoxy groups -OCH3 is 1. The fraction of sp³-hybridized carbons (Fsp3) is 0.600. The lowest BCUT2D eigenvalue weighted by Gasteiger charge is -2.25. The van der Waals surface area contributed by atoms with Crippen molar-refractivity contribution in [3.05, 3.63) is 23.2 Å². The number of benzene rings is 1. The summed E-state index contributed by atoms with van der Waals surface area (Å²) in [6.45, 7) is 1.80. The third kappa shape index (κ3) is 4.36. The van der Waals surface area contributed by atoms with Gasteiger partial charge in [0.2, 0.25) is 10.0 Å². The number of likely N-dealkylation sites (N-methyl/N-ethyl adjacent to an activating group) is 1. The molecule has 1 aromatic carbocycles. The maximum atomic E-state index is 13.1. The Bertz CT molecular complexity index is 624. The summed E-state index contributed by atoms with van der Waals surface area (Å²) < 4.78 is 38.2. The number of ether oxygens (including phenoxy) is 2. The van der Waals surface area contributed by atoms with Gasteiger partial charge in [-0.2, -0.15) is 4.31 Å². The van der Waals surface area contributed by atoms with Crippen LogP contribution in [0, 0.1) is 0 Å².